The first-order valence-electron chi connectivity index (χ1n) is 5.65. The highest BCUT2D eigenvalue weighted by Gasteiger charge is 2.09. The maximum absolute atomic E-state index is 5.58. The van der Waals surface area contributed by atoms with E-state index < -0.39 is 0 Å². The minimum atomic E-state index is 0.129. The minimum Gasteiger partial charge on any atom is -0.271 e. The van der Waals surface area contributed by atoms with Crippen molar-refractivity contribution in [3.05, 3.63) is 60.2 Å². The van der Waals surface area contributed by atoms with Gasteiger partial charge in [-0.05, 0) is 36.1 Å². The molecule has 0 aliphatic rings. The van der Waals surface area contributed by atoms with Crippen molar-refractivity contribution in [2.75, 3.05) is 0 Å². The lowest BCUT2D eigenvalue weighted by molar-refractivity contribution is 0.514. The molecule has 1 unspecified atom stereocenters. The van der Waals surface area contributed by atoms with Crippen LogP contribution in [-0.2, 0) is 6.42 Å². The Morgan fingerprint density at radius 1 is 1.12 bits per heavy atom. The summed E-state index contributed by atoms with van der Waals surface area (Å²) in [7, 11) is 0. The number of aromatic nitrogens is 2. The standard InChI is InChI=1S/C13H16N4/c14-17-13(12-4-2-8-16-10-12)6-5-11-3-1-7-15-9-11/h1-4,7-10,13,17H,5-6,14H2. The fraction of sp³-hybridized carbons (Fsp3) is 0.231. The third kappa shape index (κ3) is 3.34. The minimum absolute atomic E-state index is 0.129. The van der Waals surface area contributed by atoms with Crippen molar-refractivity contribution in [3.8, 4) is 0 Å². The first kappa shape index (κ1) is 11.7. The van der Waals surface area contributed by atoms with Gasteiger partial charge in [0.15, 0.2) is 0 Å². The average Bonchev–Trinajstić information content (AvgIpc) is 2.42. The van der Waals surface area contributed by atoms with E-state index in [1.165, 1.54) is 5.56 Å². The third-order valence-electron chi connectivity index (χ3n) is 2.73. The van der Waals surface area contributed by atoms with Crippen LogP contribution >= 0.6 is 0 Å². The molecule has 0 aromatic carbocycles. The number of nitrogens with one attached hydrogen (secondary N) is 1. The van der Waals surface area contributed by atoms with Gasteiger partial charge >= 0.3 is 0 Å². The van der Waals surface area contributed by atoms with Crippen LogP contribution in [0, 0.1) is 0 Å². The van der Waals surface area contributed by atoms with E-state index in [0.717, 1.165) is 18.4 Å². The zero-order chi connectivity index (χ0) is 11.9. The van der Waals surface area contributed by atoms with Crippen LogP contribution in [0.1, 0.15) is 23.6 Å². The average molecular weight is 228 g/mol. The molecule has 3 N–H and O–H groups in total. The van der Waals surface area contributed by atoms with Gasteiger partial charge in [0.1, 0.15) is 0 Å². The summed E-state index contributed by atoms with van der Waals surface area (Å²) in [4.78, 5) is 8.20. The second-order valence-corrected chi connectivity index (χ2v) is 3.91. The Morgan fingerprint density at radius 2 is 1.88 bits per heavy atom. The number of hydrazine groups is 1. The summed E-state index contributed by atoms with van der Waals surface area (Å²) in [6, 6.07) is 8.10. The van der Waals surface area contributed by atoms with E-state index in [2.05, 4.69) is 21.5 Å². The molecule has 2 heterocycles. The first-order chi connectivity index (χ1) is 8.40. The van der Waals surface area contributed by atoms with Crippen molar-refractivity contribution in [1.29, 1.82) is 0 Å². The summed E-state index contributed by atoms with van der Waals surface area (Å²) in [5.74, 6) is 5.58. The van der Waals surface area contributed by atoms with Gasteiger partial charge in [-0.15, -0.1) is 0 Å². The van der Waals surface area contributed by atoms with Crippen molar-refractivity contribution < 1.29 is 0 Å². The van der Waals surface area contributed by atoms with Gasteiger partial charge in [0, 0.05) is 30.8 Å². The summed E-state index contributed by atoms with van der Waals surface area (Å²) >= 11 is 0. The number of rotatable bonds is 5. The van der Waals surface area contributed by atoms with Gasteiger partial charge in [0.2, 0.25) is 0 Å². The predicted molar refractivity (Wildman–Crippen MR) is 66.9 cm³/mol. The van der Waals surface area contributed by atoms with Crippen LogP contribution in [0.3, 0.4) is 0 Å². The highest BCUT2D eigenvalue weighted by atomic mass is 15.2. The van der Waals surface area contributed by atoms with Gasteiger partial charge in [-0.2, -0.15) is 0 Å². The molecular formula is C13H16N4. The molecule has 0 saturated heterocycles. The molecule has 0 bridgehead atoms. The molecule has 1 atom stereocenters. The smallest absolute Gasteiger partial charge is 0.0478 e. The number of nitrogens with two attached hydrogens (primary N) is 1. The van der Waals surface area contributed by atoms with Gasteiger partial charge in [-0.25, -0.2) is 0 Å². The maximum atomic E-state index is 5.58. The molecule has 0 saturated carbocycles. The van der Waals surface area contributed by atoms with Gasteiger partial charge in [0.05, 0.1) is 0 Å². The van der Waals surface area contributed by atoms with E-state index in [0.29, 0.717) is 0 Å². The van der Waals surface area contributed by atoms with E-state index in [-0.39, 0.29) is 6.04 Å². The molecule has 88 valence electrons. The van der Waals surface area contributed by atoms with Crippen LogP contribution in [-0.4, -0.2) is 9.97 Å². The summed E-state index contributed by atoms with van der Waals surface area (Å²) in [6.07, 6.45) is 9.14. The molecule has 0 fully saturated rings. The Morgan fingerprint density at radius 3 is 2.47 bits per heavy atom. The van der Waals surface area contributed by atoms with Crippen molar-refractivity contribution >= 4 is 0 Å². The monoisotopic (exact) mass is 228 g/mol. The highest BCUT2D eigenvalue weighted by Crippen LogP contribution is 2.16. The lowest BCUT2D eigenvalue weighted by Gasteiger charge is -2.15. The molecule has 0 amide bonds. The Kier molecular flexibility index (Phi) is 4.18. The molecule has 0 spiro atoms. The summed E-state index contributed by atoms with van der Waals surface area (Å²) < 4.78 is 0. The number of hydrogen-bond donors (Lipinski definition) is 2. The quantitative estimate of drug-likeness (QED) is 0.603. The fourth-order valence-electron chi connectivity index (χ4n) is 1.79. The van der Waals surface area contributed by atoms with Gasteiger partial charge in [-0.1, -0.05) is 12.1 Å². The van der Waals surface area contributed by atoms with Crippen LogP contribution in [0.25, 0.3) is 0 Å². The lowest BCUT2D eigenvalue weighted by atomic mass is 10.0. The van der Waals surface area contributed by atoms with E-state index in [1.54, 1.807) is 12.4 Å². The summed E-state index contributed by atoms with van der Waals surface area (Å²) in [6.45, 7) is 0. The zero-order valence-electron chi connectivity index (χ0n) is 9.58. The van der Waals surface area contributed by atoms with Crippen molar-refractivity contribution in [2.24, 2.45) is 5.84 Å². The number of hydrogen-bond acceptors (Lipinski definition) is 4. The first-order valence-corrected chi connectivity index (χ1v) is 5.65. The largest absolute Gasteiger partial charge is 0.271 e. The molecule has 0 aliphatic carbocycles. The number of aryl methyl sites for hydroxylation is 1. The predicted octanol–water partition coefficient (Wildman–Crippen LogP) is 1.61. The van der Waals surface area contributed by atoms with E-state index >= 15 is 0 Å². The Balaban J connectivity index is 1.97. The van der Waals surface area contributed by atoms with Crippen LogP contribution < -0.4 is 11.3 Å². The molecule has 2 aromatic rings. The molecule has 2 aromatic heterocycles. The van der Waals surface area contributed by atoms with Crippen LogP contribution in [0.2, 0.25) is 0 Å². The van der Waals surface area contributed by atoms with Crippen molar-refractivity contribution in [1.82, 2.24) is 15.4 Å². The van der Waals surface area contributed by atoms with Gasteiger partial charge in [0.25, 0.3) is 0 Å². The normalized spacial score (nSPS) is 12.3. The van der Waals surface area contributed by atoms with E-state index in [4.69, 9.17) is 5.84 Å². The lowest BCUT2D eigenvalue weighted by Crippen LogP contribution is -2.28. The van der Waals surface area contributed by atoms with Gasteiger partial charge in [-0.3, -0.25) is 21.2 Å². The third-order valence-corrected chi connectivity index (χ3v) is 2.73. The molecule has 2 rings (SSSR count). The molecule has 0 radical (unpaired) electrons. The molecule has 4 nitrogen and oxygen atoms in total. The molecule has 0 aliphatic heterocycles. The zero-order valence-corrected chi connectivity index (χ0v) is 9.58. The van der Waals surface area contributed by atoms with Crippen LogP contribution in [0.4, 0.5) is 0 Å². The Labute approximate surface area is 101 Å². The van der Waals surface area contributed by atoms with Crippen molar-refractivity contribution in [2.45, 2.75) is 18.9 Å². The van der Waals surface area contributed by atoms with E-state index in [1.807, 2.05) is 30.6 Å². The highest BCUT2D eigenvalue weighted by molar-refractivity contribution is 5.15. The van der Waals surface area contributed by atoms with Crippen molar-refractivity contribution in [3.63, 3.8) is 0 Å². The fourth-order valence-corrected chi connectivity index (χ4v) is 1.79. The second-order valence-electron chi connectivity index (χ2n) is 3.91. The molecular weight excluding hydrogens is 212 g/mol. The number of nitrogens with zero attached hydrogens (tertiary/aromatic N) is 2. The maximum Gasteiger partial charge on any atom is 0.0478 e. The molecule has 4 heteroatoms. The SMILES string of the molecule is NNC(CCc1cccnc1)c1cccnc1. The van der Waals surface area contributed by atoms with E-state index in [9.17, 15) is 0 Å². The summed E-state index contributed by atoms with van der Waals surface area (Å²) in [5, 5.41) is 0. The summed E-state index contributed by atoms with van der Waals surface area (Å²) in [5.41, 5.74) is 5.16. The van der Waals surface area contributed by atoms with Gasteiger partial charge < -0.3 is 0 Å². The Bertz CT molecular complexity index is 430. The van der Waals surface area contributed by atoms with Crippen LogP contribution in [0.5, 0.6) is 0 Å². The van der Waals surface area contributed by atoms with Crippen LogP contribution in [0.15, 0.2) is 49.1 Å². The Hall–Kier alpha value is -1.78. The number of pyridine rings is 2. The topological polar surface area (TPSA) is 63.8 Å². The molecule has 17 heavy (non-hydrogen) atoms. The second kappa shape index (κ2) is 6.08.